The highest BCUT2D eigenvalue weighted by atomic mass is 35.5. The number of hydrogen-bond acceptors (Lipinski definition) is 4. The topological polar surface area (TPSA) is 84.1 Å². The highest BCUT2D eigenvalue weighted by Crippen LogP contribution is 1.94. The predicted molar refractivity (Wildman–Crippen MR) is 58.7 cm³/mol. The first-order valence-corrected chi connectivity index (χ1v) is 5.12. The number of aromatic amines is 1. The fourth-order valence-corrected chi connectivity index (χ4v) is 1.22. The maximum Gasteiger partial charge on any atom is 0.272 e. The minimum Gasteiger partial charge on any atom is -0.383 e. The molecule has 0 radical (unpaired) electrons. The van der Waals surface area contributed by atoms with Crippen LogP contribution in [-0.4, -0.2) is 41.7 Å². The van der Waals surface area contributed by atoms with Gasteiger partial charge in [0.1, 0.15) is 5.69 Å². The summed E-state index contributed by atoms with van der Waals surface area (Å²) in [6.45, 7) is 0.318. The normalized spacial score (nSPS) is 12.1. The van der Waals surface area contributed by atoms with Crippen LogP contribution in [-0.2, 0) is 4.74 Å². The molecular weight excluding hydrogens is 234 g/mol. The van der Waals surface area contributed by atoms with Gasteiger partial charge in [0.25, 0.3) is 11.5 Å². The number of amides is 1. The van der Waals surface area contributed by atoms with Gasteiger partial charge in [-0.05, 0) is 6.07 Å². The fourth-order valence-electron chi connectivity index (χ4n) is 1.06. The van der Waals surface area contributed by atoms with Crippen LogP contribution in [0, 0.1) is 0 Å². The molecule has 88 valence electrons. The van der Waals surface area contributed by atoms with Crippen LogP contribution in [0.2, 0.25) is 0 Å². The fraction of sp³-hybridized carbons (Fsp3) is 0.444. The number of halogens is 1. The van der Waals surface area contributed by atoms with Gasteiger partial charge in [-0.1, -0.05) is 0 Å². The van der Waals surface area contributed by atoms with Gasteiger partial charge in [-0.25, -0.2) is 5.10 Å². The second kappa shape index (κ2) is 6.24. The van der Waals surface area contributed by atoms with E-state index in [9.17, 15) is 9.59 Å². The molecule has 1 aromatic heterocycles. The number of nitrogens with one attached hydrogen (secondary N) is 2. The largest absolute Gasteiger partial charge is 0.383 e. The first-order valence-electron chi connectivity index (χ1n) is 4.59. The van der Waals surface area contributed by atoms with Gasteiger partial charge in [0.2, 0.25) is 0 Å². The third-order valence-electron chi connectivity index (χ3n) is 1.80. The zero-order valence-corrected chi connectivity index (χ0v) is 9.45. The van der Waals surface area contributed by atoms with Crippen molar-refractivity contribution >= 4 is 17.5 Å². The molecule has 0 spiro atoms. The van der Waals surface area contributed by atoms with Crippen molar-refractivity contribution in [1.29, 1.82) is 0 Å². The molecule has 1 rings (SSSR count). The summed E-state index contributed by atoms with van der Waals surface area (Å²) >= 11 is 5.63. The van der Waals surface area contributed by atoms with Gasteiger partial charge in [0.15, 0.2) is 0 Å². The standard InChI is InChI=1S/C9H12ClN3O3/c1-16-5-6(4-10)11-9(15)7-2-3-8(14)13-12-7/h2-3,6H,4-5H2,1H3,(H,11,15)(H,13,14). The third-order valence-corrected chi connectivity index (χ3v) is 2.17. The highest BCUT2D eigenvalue weighted by Gasteiger charge is 2.13. The Bertz CT molecular complexity index is 387. The van der Waals surface area contributed by atoms with E-state index in [0.717, 1.165) is 0 Å². The lowest BCUT2D eigenvalue weighted by molar-refractivity contribution is 0.0900. The monoisotopic (exact) mass is 245 g/mol. The summed E-state index contributed by atoms with van der Waals surface area (Å²) in [4.78, 5) is 22.3. The molecule has 1 atom stereocenters. The van der Waals surface area contributed by atoms with Gasteiger partial charge in [0, 0.05) is 19.1 Å². The molecule has 2 N–H and O–H groups in total. The number of nitrogens with zero attached hydrogens (tertiary/aromatic N) is 1. The number of carbonyl (C=O) groups is 1. The second-order valence-electron chi connectivity index (χ2n) is 3.09. The number of methoxy groups -OCH3 is 1. The first-order chi connectivity index (χ1) is 7.67. The second-order valence-corrected chi connectivity index (χ2v) is 3.40. The number of alkyl halides is 1. The number of carbonyl (C=O) groups excluding carboxylic acids is 1. The Morgan fingerprint density at radius 1 is 1.69 bits per heavy atom. The van der Waals surface area contributed by atoms with Crippen molar-refractivity contribution in [3.63, 3.8) is 0 Å². The molecule has 0 aliphatic heterocycles. The van der Waals surface area contributed by atoms with Crippen molar-refractivity contribution in [3.8, 4) is 0 Å². The van der Waals surface area contributed by atoms with E-state index in [2.05, 4.69) is 15.5 Å². The van der Waals surface area contributed by atoms with E-state index in [-0.39, 0.29) is 23.2 Å². The van der Waals surface area contributed by atoms with E-state index >= 15 is 0 Å². The number of H-pyrrole nitrogens is 1. The summed E-state index contributed by atoms with van der Waals surface area (Å²) in [5.74, 6) is -0.165. The molecule has 0 aromatic carbocycles. The minimum absolute atomic E-state index is 0.130. The minimum atomic E-state index is -0.404. The Labute approximate surface area is 97.0 Å². The number of hydrogen-bond donors (Lipinski definition) is 2. The summed E-state index contributed by atoms with van der Waals surface area (Å²) in [5, 5.41) is 8.39. The SMILES string of the molecule is COCC(CCl)NC(=O)c1ccc(=O)[nH]n1. The summed E-state index contributed by atoms with van der Waals surface area (Å²) < 4.78 is 4.87. The van der Waals surface area contributed by atoms with Crippen LogP contribution in [0.1, 0.15) is 10.5 Å². The lowest BCUT2D eigenvalue weighted by atomic mass is 10.3. The molecule has 0 aliphatic carbocycles. The molecule has 0 fully saturated rings. The van der Waals surface area contributed by atoms with Gasteiger partial charge >= 0.3 is 0 Å². The van der Waals surface area contributed by atoms with Crippen LogP contribution < -0.4 is 10.9 Å². The predicted octanol–water partition coefficient (Wildman–Crippen LogP) is -0.246. The lowest BCUT2D eigenvalue weighted by Crippen LogP contribution is -2.40. The smallest absolute Gasteiger partial charge is 0.272 e. The molecule has 1 aromatic rings. The van der Waals surface area contributed by atoms with Crippen LogP contribution in [0.5, 0.6) is 0 Å². The van der Waals surface area contributed by atoms with E-state index in [4.69, 9.17) is 16.3 Å². The Kier molecular flexibility index (Phi) is 4.94. The van der Waals surface area contributed by atoms with Crippen molar-refractivity contribution in [2.45, 2.75) is 6.04 Å². The van der Waals surface area contributed by atoms with Gasteiger partial charge in [-0.3, -0.25) is 9.59 Å². The summed E-state index contributed by atoms with van der Waals surface area (Å²) in [5.41, 5.74) is -0.229. The lowest BCUT2D eigenvalue weighted by Gasteiger charge is -2.14. The first kappa shape index (κ1) is 12.7. The quantitative estimate of drug-likeness (QED) is 0.701. The maximum atomic E-state index is 11.6. The number of rotatable bonds is 5. The number of ether oxygens (including phenoxy) is 1. The molecule has 7 heteroatoms. The molecule has 1 amide bonds. The van der Waals surface area contributed by atoms with E-state index in [1.165, 1.54) is 19.2 Å². The molecule has 0 saturated heterocycles. The Hall–Kier alpha value is -1.40. The maximum absolute atomic E-state index is 11.6. The Balaban J connectivity index is 2.64. The molecule has 6 nitrogen and oxygen atoms in total. The Morgan fingerprint density at radius 3 is 2.94 bits per heavy atom. The summed E-state index contributed by atoms with van der Waals surface area (Å²) in [6.07, 6.45) is 0. The van der Waals surface area contributed by atoms with Crippen molar-refractivity contribution in [2.24, 2.45) is 0 Å². The van der Waals surface area contributed by atoms with E-state index < -0.39 is 5.91 Å². The van der Waals surface area contributed by atoms with Gasteiger partial charge < -0.3 is 10.1 Å². The highest BCUT2D eigenvalue weighted by molar-refractivity contribution is 6.18. The van der Waals surface area contributed by atoms with Crippen molar-refractivity contribution in [2.75, 3.05) is 19.6 Å². The average molecular weight is 246 g/mol. The molecular formula is C9H12ClN3O3. The zero-order chi connectivity index (χ0) is 12.0. The van der Waals surface area contributed by atoms with Crippen LogP contribution in [0.3, 0.4) is 0 Å². The molecule has 0 aliphatic rings. The van der Waals surface area contributed by atoms with Crippen LogP contribution in [0.15, 0.2) is 16.9 Å². The van der Waals surface area contributed by atoms with Crippen molar-refractivity contribution < 1.29 is 9.53 Å². The van der Waals surface area contributed by atoms with Gasteiger partial charge in [-0.15, -0.1) is 11.6 Å². The Morgan fingerprint density at radius 2 is 2.44 bits per heavy atom. The van der Waals surface area contributed by atoms with Crippen LogP contribution in [0.4, 0.5) is 0 Å². The van der Waals surface area contributed by atoms with Crippen LogP contribution in [0.25, 0.3) is 0 Å². The molecule has 16 heavy (non-hydrogen) atoms. The van der Waals surface area contributed by atoms with E-state index in [1.54, 1.807) is 0 Å². The van der Waals surface area contributed by atoms with Crippen molar-refractivity contribution in [3.05, 3.63) is 28.2 Å². The molecule has 0 saturated carbocycles. The third kappa shape index (κ3) is 3.63. The zero-order valence-electron chi connectivity index (χ0n) is 8.70. The summed E-state index contributed by atoms with van der Waals surface area (Å²) in [7, 11) is 1.52. The number of aromatic nitrogens is 2. The van der Waals surface area contributed by atoms with E-state index in [0.29, 0.717) is 6.61 Å². The van der Waals surface area contributed by atoms with E-state index in [1.807, 2.05) is 0 Å². The summed E-state index contributed by atoms with van der Waals surface area (Å²) in [6, 6.07) is 2.29. The van der Waals surface area contributed by atoms with Gasteiger partial charge in [-0.2, -0.15) is 5.10 Å². The van der Waals surface area contributed by atoms with Crippen LogP contribution >= 0.6 is 11.6 Å². The molecule has 0 bridgehead atoms. The van der Waals surface area contributed by atoms with Crippen molar-refractivity contribution in [1.82, 2.24) is 15.5 Å². The molecule has 1 heterocycles. The van der Waals surface area contributed by atoms with Gasteiger partial charge in [0.05, 0.1) is 12.6 Å². The molecule has 1 unspecified atom stereocenters. The average Bonchev–Trinajstić information content (AvgIpc) is 2.29.